The summed E-state index contributed by atoms with van der Waals surface area (Å²) in [5.41, 5.74) is 0.440. The van der Waals surface area contributed by atoms with E-state index in [2.05, 4.69) is 30.4 Å². The minimum atomic E-state index is -4.60. The molecule has 4 heterocycles. The largest absolute Gasteiger partial charge is 0.416 e. The van der Waals surface area contributed by atoms with E-state index in [1.807, 2.05) is 6.92 Å². The standard InChI is InChI=1S/C32H34F4N6O3S/c1-17(28(43)21-5-4-20(21)22-13-19(32(34,35)36)3-6-25(22)33)18(2)31-38-16-27(46-31)26-14-23(24-15-39-41-29(24)40-26)30(44)37-7-8-42-9-11-45-12-10-42/h3,6,13-18,20-21H,4-5,7-12H2,1-2H3,(H,37,44)(H,39,40,41). The molecule has 4 atom stereocenters. The molecule has 14 heteroatoms. The van der Waals surface area contributed by atoms with Crippen molar-refractivity contribution in [2.24, 2.45) is 11.8 Å². The first-order valence-electron chi connectivity index (χ1n) is 15.3. The molecule has 4 aromatic rings. The molecule has 2 N–H and O–H groups in total. The van der Waals surface area contributed by atoms with E-state index < -0.39 is 35.3 Å². The highest BCUT2D eigenvalue weighted by Gasteiger charge is 2.43. The number of pyridine rings is 1. The molecule has 1 amide bonds. The Hall–Kier alpha value is -3.75. The van der Waals surface area contributed by atoms with E-state index in [9.17, 15) is 27.2 Å². The average Bonchev–Trinajstić information content (AvgIpc) is 3.70. The summed E-state index contributed by atoms with van der Waals surface area (Å²) in [6.07, 6.45) is -0.439. The van der Waals surface area contributed by atoms with Gasteiger partial charge in [0.2, 0.25) is 0 Å². The number of H-pyrrole nitrogens is 1. The van der Waals surface area contributed by atoms with Gasteiger partial charge in [0.15, 0.2) is 5.65 Å². The van der Waals surface area contributed by atoms with Crippen LogP contribution in [-0.4, -0.2) is 76.1 Å². The number of ketones is 1. The molecule has 9 nitrogen and oxygen atoms in total. The number of Topliss-reactive ketones (excluding diaryl/α,β-unsaturated/α-hetero) is 1. The predicted octanol–water partition coefficient (Wildman–Crippen LogP) is 5.80. The molecule has 2 aliphatic rings. The van der Waals surface area contributed by atoms with E-state index in [-0.39, 0.29) is 23.2 Å². The Bertz CT molecular complexity index is 1730. The molecule has 46 heavy (non-hydrogen) atoms. The number of aromatic nitrogens is 4. The van der Waals surface area contributed by atoms with Crippen molar-refractivity contribution in [2.45, 2.75) is 44.7 Å². The van der Waals surface area contributed by atoms with Gasteiger partial charge >= 0.3 is 6.18 Å². The Morgan fingerprint density at radius 1 is 1.15 bits per heavy atom. The number of morpholine rings is 1. The van der Waals surface area contributed by atoms with E-state index in [0.717, 1.165) is 31.3 Å². The SMILES string of the molecule is CC(C(=O)C1CCC1c1cc(C(F)(F)F)ccc1F)C(C)c1ncc(-c2cc(C(=O)NCCN3CCOCC3)c3cn[nH]c3n2)s1. The number of halogens is 4. The number of ether oxygens (including phenoxy) is 1. The molecule has 1 aromatic carbocycles. The van der Waals surface area contributed by atoms with Crippen LogP contribution < -0.4 is 5.32 Å². The molecule has 1 saturated heterocycles. The normalized spacial score (nSPS) is 20.3. The van der Waals surface area contributed by atoms with Crippen LogP contribution in [-0.2, 0) is 15.7 Å². The van der Waals surface area contributed by atoms with Crippen LogP contribution >= 0.6 is 11.3 Å². The van der Waals surface area contributed by atoms with E-state index in [4.69, 9.17) is 4.74 Å². The van der Waals surface area contributed by atoms with Crippen LogP contribution in [0.3, 0.4) is 0 Å². The molecular weight excluding hydrogens is 624 g/mol. The van der Waals surface area contributed by atoms with E-state index >= 15 is 0 Å². The summed E-state index contributed by atoms with van der Waals surface area (Å²) < 4.78 is 59.9. The predicted molar refractivity (Wildman–Crippen MR) is 164 cm³/mol. The summed E-state index contributed by atoms with van der Waals surface area (Å²) in [6, 6.07) is 4.10. The van der Waals surface area contributed by atoms with E-state index in [1.165, 1.54) is 11.3 Å². The highest BCUT2D eigenvalue weighted by atomic mass is 32.1. The summed E-state index contributed by atoms with van der Waals surface area (Å²) in [5.74, 6) is -3.07. The number of thiazole rings is 1. The van der Waals surface area contributed by atoms with Gasteiger partial charge in [0.1, 0.15) is 11.6 Å². The number of fused-ring (bicyclic) bond motifs is 1. The molecule has 3 aromatic heterocycles. The summed E-state index contributed by atoms with van der Waals surface area (Å²) in [7, 11) is 0. The van der Waals surface area contributed by atoms with Crippen molar-refractivity contribution in [1.29, 1.82) is 0 Å². The molecule has 1 aliphatic carbocycles. The lowest BCUT2D eigenvalue weighted by Crippen LogP contribution is -2.41. The Labute approximate surface area is 266 Å². The highest BCUT2D eigenvalue weighted by molar-refractivity contribution is 7.15. The highest BCUT2D eigenvalue weighted by Crippen LogP contribution is 2.47. The third-order valence-corrected chi connectivity index (χ3v) is 10.4. The van der Waals surface area contributed by atoms with Crippen LogP contribution in [0.1, 0.15) is 65.0 Å². The zero-order chi connectivity index (χ0) is 32.6. The zero-order valence-electron chi connectivity index (χ0n) is 25.4. The van der Waals surface area contributed by atoms with Gasteiger partial charge in [-0.25, -0.2) is 14.4 Å². The van der Waals surface area contributed by atoms with Crippen molar-refractivity contribution in [3.63, 3.8) is 0 Å². The van der Waals surface area contributed by atoms with Crippen LogP contribution in [0.15, 0.2) is 36.7 Å². The number of alkyl halides is 3. The topological polar surface area (TPSA) is 113 Å². The molecule has 1 saturated carbocycles. The van der Waals surface area contributed by atoms with Crippen molar-refractivity contribution in [2.75, 3.05) is 39.4 Å². The lowest BCUT2D eigenvalue weighted by molar-refractivity contribution is -0.137. The van der Waals surface area contributed by atoms with Gasteiger partial charge < -0.3 is 10.1 Å². The molecule has 1 aliphatic heterocycles. The second kappa shape index (κ2) is 13.2. The average molecular weight is 659 g/mol. The number of hydrogen-bond donors (Lipinski definition) is 2. The van der Waals surface area contributed by atoms with Crippen LogP contribution in [0, 0.1) is 17.7 Å². The number of amides is 1. The second-order valence-electron chi connectivity index (χ2n) is 12.0. The first-order valence-corrected chi connectivity index (χ1v) is 16.1. The van der Waals surface area contributed by atoms with Crippen LogP contribution in [0.25, 0.3) is 21.6 Å². The molecule has 0 spiro atoms. The van der Waals surface area contributed by atoms with Gasteiger partial charge in [-0.2, -0.15) is 18.3 Å². The lowest BCUT2D eigenvalue weighted by Gasteiger charge is -2.38. The number of nitrogens with zero attached hydrogens (tertiary/aromatic N) is 4. The molecular formula is C32H34F4N6O3S. The van der Waals surface area contributed by atoms with Crippen molar-refractivity contribution in [1.82, 2.24) is 30.4 Å². The van der Waals surface area contributed by atoms with Gasteiger partial charge in [0.25, 0.3) is 5.91 Å². The molecule has 0 radical (unpaired) electrons. The lowest BCUT2D eigenvalue weighted by atomic mass is 9.65. The van der Waals surface area contributed by atoms with Gasteiger partial charge in [-0.15, -0.1) is 11.3 Å². The number of benzene rings is 1. The van der Waals surface area contributed by atoms with Gasteiger partial charge in [-0.1, -0.05) is 13.8 Å². The molecule has 2 fully saturated rings. The zero-order valence-corrected chi connectivity index (χ0v) is 26.2. The number of rotatable bonds is 10. The van der Waals surface area contributed by atoms with Crippen molar-refractivity contribution < 1.29 is 31.9 Å². The van der Waals surface area contributed by atoms with Gasteiger partial charge in [0.05, 0.1) is 51.5 Å². The quantitative estimate of drug-likeness (QED) is 0.207. The Balaban J connectivity index is 1.15. The van der Waals surface area contributed by atoms with E-state index in [0.29, 0.717) is 71.3 Å². The number of carbonyl (C=O) groups excluding carboxylic acids is 2. The fourth-order valence-electron chi connectivity index (χ4n) is 6.12. The Morgan fingerprint density at radius 2 is 1.93 bits per heavy atom. The van der Waals surface area contributed by atoms with Crippen LogP contribution in [0.2, 0.25) is 0 Å². The Kier molecular flexibility index (Phi) is 9.22. The number of carbonyl (C=O) groups is 2. The summed E-state index contributed by atoms with van der Waals surface area (Å²) in [6.45, 7) is 7.86. The molecule has 6 rings (SSSR count). The second-order valence-corrected chi connectivity index (χ2v) is 13.0. The third kappa shape index (κ3) is 6.56. The molecule has 0 bridgehead atoms. The van der Waals surface area contributed by atoms with Gasteiger partial charge in [-0.05, 0) is 48.6 Å². The minimum Gasteiger partial charge on any atom is -0.379 e. The van der Waals surface area contributed by atoms with Crippen molar-refractivity contribution >= 4 is 34.1 Å². The maximum atomic E-state index is 14.6. The van der Waals surface area contributed by atoms with Crippen LogP contribution in [0.4, 0.5) is 17.6 Å². The number of hydrogen-bond acceptors (Lipinski definition) is 8. The maximum Gasteiger partial charge on any atom is 0.416 e. The monoisotopic (exact) mass is 658 g/mol. The fraction of sp³-hybridized carbons (Fsp3) is 0.469. The van der Waals surface area contributed by atoms with Gasteiger partial charge in [-0.3, -0.25) is 19.6 Å². The first kappa shape index (κ1) is 32.2. The minimum absolute atomic E-state index is 0.0583. The van der Waals surface area contributed by atoms with E-state index in [1.54, 1.807) is 25.4 Å². The first-order chi connectivity index (χ1) is 22.0. The summed E-state index contributed by atoms with van der Waals surface area (Å²) in [5, 5.41) is 11.2. The molecule has 4 unspecified atom stereocenters. The van der Waals surface area contributed by atoms with Gasteiger partial charge in [0, 0.05) is 50.1 Å². The van der Waals surface area contributed by atoms with Crippen LogP contribution in [0.5, 0.6) is 0 Å². The molecule has 244 valence electrons. The third-order valence-electron chi connectivity index (χ3n) is 9.21. The van der Waals surface area contributed by atoms with Crippen molar-refractivity contribution in [3.8, 4) is 10.6 Å². The number of aromatic amines is 1. The maximum absolute atomic E-state index is 14.6. The summed E-state index contributed by atoms with van der Waals surface area (Å²) >= 11 is 1.35. The summed E-state index contributed by atoms with van der Waals surface area (Å²) in [4.78, 5) is 38.9. The number of nitrogens with one attached hydrogen (secondary N) is 2. The smallest absolute Gasteiger partial charge is 0.379 e. The fourth-order valence-corrected chi connectivity index (χ4v) is 7.16. The Morgan fingerprint density at radius 3 is 2.65 bits per heavy atom. The van der Waals surface area contributed by atoms with Crippen molar-refractivity contribution in [3.05, 3.63) is 64.2 Å².